The van der Waals surface area contributed by atoms with E-state index in [1.807, 2.05) is 0 Å². The van der Waals surface area contributed by atoms with Crippen molar-refractivity contribution in [2.75, 3.05) is 20.5 Å². The maximum atomic E-state index is 14.8. The lowest BCUT2D eigenvalue weighted by Gasteiger charge is -2.15. The van der Waals surface area contributed by atoms with Crippen LogP contribution in [0, 0.1) is 0 Å². The molecule has 0 saturated carbocycles. The summed E-state index contributed by atoms with van der Waals surface area (Å²) in [6, 6.07) is 27.1. The summed E-state index contributed by atoms with van der Waals surface area (Å²) in [4.78, 5) is 19.8. The van der Waals surface area contributed by atoms with Crippen molar-refractivity contribution in [3.05, 3.63) is 132 Å². The molecule has 0 amide bonds. The molecule has 0 aliphatic heterocycles. The Balaban J connectivity index is 1.39. The summed E-state index contributed by atoms with van der Waals surface area (Å²) < 4.78 is 77.5. The summed E-state index contributed by atoms with van der Waals surface area (Å²) in [6.07, 6.45) is 4.47. The minimum absolute atomic E-state index is 0.0206. The second-order valence-electron chi connectivity index (χ2n) is 14.3. The fourth-order valence-electron chi connectivity index (χ4n) is 6.25. The molecular weight excluding hydrogens is 837 g/mol. The highest BCUT2D eigenvalue weighted by Crippen LogP contribution is 2.36. The van der Waals surface area contributed by atoms with Crippen molar-refractivity contribution in [2.45, 2.75) is 42.2 Å². The number of ketones is 1. The van der Waals surface area contributed by atoms with Crippen LogP contribution >= 0.6 is 15.9 Å². The molecule has 7 rings (SSSR count). The molecule has 0 aliphatic rings. The van der Waals surface area contributed by atoms with E-state index in [2.05, 4.69) is 35.6 Å². The Labute approximate surface area is 334 Å². The number of ether oxygens (including phenoxy) is 3. The van der Waals surface area contributed by atoms with Crippen molar-refractivity contribution in [1.82, 2.24) is 17.5 Å². The van der Waals surface area contributed by atoms with Crippen molar-refractivity contribution in [2.24, 2.45) is 0 Å². The number of aromatic nitrogens is 4. The molecule has 0 fully saturated rings. The lowest BCUT2D eigenvalue weighted by atomic mass is 10.1. The Bertz CT molecular complexity index is 2800. The van der Waals surface area contributed by atoms with Crippen molar-refractivity contribution in [1.29, 1.82) is 0 Å². The van der Waals surface area contributed by atoms with Gasteiger partial charge in [-0.15, -0.1) is 0 Å². The van der Waals surface area contributed by atoms with E-state index < -0.39 is 33.9 Å². The predicted octanol–water partition coefficient (Wildman–Crippen LogP) is 8.22. The first-order chi connectivity index (χ1) is 26.7. The number of imidazole rings is 1. The molecule has 0 bridgehead atoms. The Hall–Kier alpha value is -4.84. The quantitative estimate of drug-likeness (QED) is 0.0431. The normalized spacial score (nSPS) is 12.4. The molecule has 0 spiro atoms. The molecule has 0 aliphatic carbocycles. The minimum Gasteiger partial charge on any atom is -0.467 e. The van der Waals surface area contributed by atoms with E-state index in [1.54, 1.807) is 83.6 Å². The highest BCUT2D eigenvalue weighted by molar-refractivity contribution is 9.10. The molecule has 0 saturated heterocycles. The molecule has 4 aromatic carbocycles. The number of hydrogen-bond donors (Lipinski definition) is 0. The molecule has 0 N–H and O–H groups in total. The summed E-state index contributed by atoms with van der Waals surface area (Å²) in [5, 5.41) is 0.940. The van der Waals surface area contributed by atoms with Gasteiger partial charge in [0.05, 0.1) is 32.1 Å². The third-order valence-corrected chi connectivity index (χ3v) is 14.7. The first-order valence-electron chi connectivity index (χ1n) is 17.6. The van der Waals surface area contributed by atoms with Gasteiger partial charge in [-0.3, -0.25) is 4.79 Å². The summed E-state index contributed by atoms with van der Waals surface area (Å²) in [5.74, 6) is -0.243. The van der Waals surface area contributed by atoms with E-state index in [0.29, 0.717) is 44.4 Å². The van der Waals surface area contributed by atoms with Gasteiger partial charge < -0.3 is 18.8 Å². The van der Waals surface area contributed by atoms with Gasteiger partial charge in [-0.25, -0.2) is 29.8 Å². The Kier molecular flexibility index (Phi) is 11.0. The number of nitrogens with zero attached hydrogens (tertiary/aromatic N) is 4. The second-order valence-corrected chi connectivity index (χ2v) is 24.5. The maximum Gasteiger partial charge on any atom is 0.268 e. The topological polar surface area (TPSA) is 141 Å². The minimum atomic E-state index is -4.17. The van der Waals surface area contributed by atoms with E-state index in [1.165, 1.54) is 47.7 Å². The zero-order chi connectivity index (χ0) is 39.8. The van der Waals surface area contributed by atoms with Gasteiger partial charge in [0.15, 0.2) is 12.6 Å². The number of benzene rings is 4. The molecule has 16 heteroatoms. The number of carbonyl (C=O) groups excluding carboxylic acids is 1. The van der Waals surface area contributed by atoms with E-state index in [9.17, 15) is 21.6 Å². The lowest BCUT2D eigenvalue weighted by Crippen LogP contribution is -2.22. The molecule has 3 heterocycles. The molecule has 12 nitrogen and oxygen atoms in total. The smallest absolute Gasteiger partial charge is 0.268 e. The number of rotatable bonds is 15. The first kappa shape index (κ1) is 39.4. The van der Waals surface area contributed by atoms with Gasteiger partial charge in [0, 0.05) is 67.3 Å². The van der Waals surface area contributed by atoms with Crippen molar-refractivity contribution in [3.63, 3.8) is 0 Å². The molecule has 3 aromatic heterocycles. The molecule has 7 aromatic rings. The highest BCUT2D eigenvalue weighted by Gasteiger charge is 2.29. The van der Waals surface area contributed by atoms with Crippen LogP contribution in [0.5, 0.6) is 5.75 Å². The van der Waals surface area contributed by atoms with Crippen molar-refractivity contribution >= 4 is 71.6 Å². The average Bonchev–Trinajstić information content (AvgIpc) is 3.89. The van der Waals surface area contributed by atoms with E-state index in [-0.39, 0.29) is 40.2 Å². The van der Waals surface area contributed by atoms with Crippen molar-refractivity contribution < 1.29 is 35.8 Å². The van der Waals surface area contributed by atoms with Crippen LogP contribution in [0.2, 0.25) is 25.7 Å². The van der Waals surface area contributed by atoms with E-state index >= 15 is 0 Å². The fraction of sp³-hybridized carbons (Fsp3) is 0.200. The second kappa shape index (κ2) is 15.6. The standard InChI is InChI=1S/C40H39BrN4O8S2Si/c1-51-27-53-29-16-18-33-35(24-45(38(33)22-29)55(49,50)31-13-9-6-10-14-31)39(46)40-42-36(25-43(40)26-52-19-20-56(2,3)4)34-23-44(37-21-28(41)15-17-32(34)37)54(47,48)30-11-7-5-8-12-30/h5-18,21-25H,19-20,26-27H2,1-4H3. The maximum absolute atomic E-state index is 14.8. The summed E-state index contributed by atoms with van der Waals surface area (Å²) >= 11 is 3.49. The van der Waals surface area contributed by atoms with Gasteiger partial charge in [0.1, 0.15) is 12.5 Å². The zero-order valence-corrected chi connectivity index (χ0v) is 35.3. The van der Waals surface area contributed by atoms with Crippen LogP contribution in [0.3, 0.4) is 0 Å². The SMILES string of the molecule is COCOc1ccc2c(C(=O)c3nc(-c4cn(S(=O)(=O)c5ccccc5)c5cc(Br)ccc45)cn3COCC[Si](C)(C)C)cn(S(=O)(=O)c3ccccc3)c2c1. The monoisotopic (exact) mass is 874 g/mol. The summed E-state index contributed by atoms with van der Waals surface area (Å²) in [7, 11) is -8.19. The highest BCUT2D eigenvalue weighted by atomic mass is 79.9. The third-order valence-electron chi connectivity index (χ3n) is 9.15. The first-order valence-corrected chi connectivity index (χ1v) is 25.0. The van der Waals surface area contributed by atoms with Crippen LogP contribution in [0.4, 0.5) is 0 Å². The van der Waals surface area contributed by atoms with Gasteiger partial charge in [-0.05, 0) is 54.6 Å². The largest absolute Gasteiger partial charge is 0.467 e. The lowest BCUT2D eigenvalue weighted by molar-refractivity contribution is 0.0512. The summed E-state index contributed by atoms with van der Waals surface area (Å²) in [6.45, 7) is 7.08. The number of methoxy groups -OCH3 is 1. The molecule has 0 radical (unpaired) electrons. The van der Waals surface area contributed by atoms with Crippen LogP contribution < -0.4 is 4.74 Å². The van der Waals surface area contributed by atoms with Crippen LogP contribution in [0.15, 0.2) is 130 Å². The van der Waals surface area contributed by atoms with Crippen LogP contribution in [-0.4, -0.2) is 68.7 Å². The van der Waals surface area contributed by atoms with Crippen LogP contribution in [-0.2, 0) is 36.3 Å². The predicted molar refractivity (Wildman–Crippen MR) is 221 cm³/mol. The molecule has 290 valence electrons. The molecule has 56 heavy (non-hydrogen) atoms. The number of carbonyl (C=O) groups is 1. The van der Waals surface area contributed by atoms with Crippen LogP contribution in [0.1, 0.15) is 16.2 Å². The Morgan fingerprint density at radius 1 is 0.768 bits per heavy atom. The Morgan fingerprint density at radius 3 is 2.00 bits per heavy atom. The Morgan fingerprint density at radius 2 is 1.38 bits per heavy atom. The van der Waals surface area contributed by atoms with Gasteiger partial charge in [-0.2, -0.15) is 0 Å². The molecular formula is C40H39BrN4O8S2Si. The van der Waals surface area contributed by atoms with Crippen molar-refractivity contribution in [3.8, 4) is 17.0 Å². The van der Waals surface area contributed by atoms with E-state index in [4.69, 9.17) is 19.2 Å². The van der Waals surface area contributed by atoms with E-state index in [0.717, 1.165) is 10.0 Å². The number of halogens is 1. The van der Waals surface area contributed by atoms with Gasteiger partial charge >= 0.3 is 0 Å². The summed E-state index contributed by atoms with van der Waals surface area (Å²) in [5.41, 5.74) is 1.50. The third kappa shape index (κ3) is 7.77. The molecule has 0 unspecified atom stereocenters. The van der Waals surface area contributed by atoms with Gasteiger partial charge in [-0.1, -0.05) is 78.0 Å². The number of fused-ring (bicyclic) bond motifs is 2. The van der Waals surface area contributed by atoms with Gasteiger partial charge in [0.2, 0.25) is 5.78 Å². The van der Waals surface area contributed by atoms with Crippen LogP contribution in [0.25, 0.3) is 33.1 Å². The fourth-order valence-corrected chi connectivity index (χ4v) is 10.1. The average molecular weight is 876 g/mol. The molecule has 0 atom stereocenters. The van der Waals surface area contributed by atoms with Gasteiger partial charge in [0.25, 0.3) is 20.0 Å². The zero-order valence-electron chi connectivity index (χ0n) is 31.0. The number of hydrogen-bond acceptors (Lipinski definition) is 9.